The number of rotatable bonds is 3. The van der Waals surface area contributed by atoms with Gasteiger partial charge in [0.1, 0.15) is 5.75 Å². The van der Waals surface area contributed by atoms with Gasteiger partial charge >= 0.3 is 11.9 Å². The maximum absolute atomic E-state index is 11.9. The first kappa shape index (κ1) is 11.9. The number of benzene rings is 1. The highest BCUT2D eigenvalue weighted by Crippen LogP contribution is 2.37. The average Bonchev–Trinajstić information content (AvgIpc) is 2.29. The molecule has 90 valence electrons. The third kappa shape index (κ3) is 3.17. The van der Waals surface area contributed by atoms with Crippen LogP contribution in [0.25, 0.3) is 0 Å². The summed E-state index contributed by atoms with van der Waals surface area (Å²) in [6, 6.07) is 8.66. The molecule has 1 aliphatic heterocycles. The quantitative estimate of drug-likeness (QED) is 0.467. The zero-order chi connectivity index (χ0) is 12.3. The van der Waals surface area contributed by atoms with Crippen molar-refractivity contribution in [1.82, 2.24) is 0 Å². The van der Waals surface area contributed by atoms with Crippen LogP contribution < -0.4 is 4.52 Å². The van der Waals surface area contributed by atoms with E-state index in [1.807, 2.05) is 6.07 Å². The van der Waals surface area contributed by atoms with Crippen molar-refractivity contribution in [3.63, 3.8) is 0 Å². The Morgan fingerprint density at radius 3 is 2.29 bits per heavy atom. The molecule has 1 saturated heterocycles. The Morgan fingerprint density at radius 2 is 1.71 bits per heavy atom. The summed E-state index contributed by atoms with van der Waals surface area (Å²) in [7, 11) is -2.48. The van der Waals surface area contributed by atoms with Crippen molar-refractivity contribution in [2.24, 2.45) is 0 Å². The fraction of sp³-hybridized carbons (Fsp3) is 0.273. The Labute approximate surface area is 98.6 Å². The molecule has 0 N–H and O–H groups in total. The summed E-state index contributed by atoms with van der Waals surface area (Å²) < 4.78 is 21.5. The van der Waals surface area contributed by atoms with E-state index in [1.165, 1.54) is 0 Å². The first-order valence-electron chi connectivity index (χ1n) is 5.15. The summed E-state index contributed by atoms with van der Waals surface area (Å²) in [6.07, 6.45) is -0.0628. The van der Waals surface area contributed by atoms with Gasteiger partial charge in [-0.3, -0.25) is 14.2 Å². The van der Waals surface area contributed by atoms with Crippen molar-refractivity contribution < 1.29 is 23.4 Å². The third-order valence-corrected chi connectivity index (χ3v) is 3.86. The fourth-order valence-electron chi connectivity index (χ4n) is 1.54. The minimum absolute atomic E-state index is 0.0314. The van der Waals surface area contributed by atoms with Gasteiger partial charge in [0.25, 0.3) is 0 Å². The van der Waals surface area contributed by atoms with E-state index < -0.39 is 25.6 Å². The first-order chi connectivity index (χ1) is 8.15. The number of esters is 2. The van der Waals surface area contributed by atoms with Crippen LogP contribution in [0.4, 0.5) is 0 Å². The van der Waals surface area contributed by atoms with Gasteiger partial charge in [0.2, 0.25) is 8.03 Å². The number of hydrogen-bond donors (Lipinski definition) is 0. The molecule has 0 aromatic heterocycles. The number of cyclic esters (lactones) is 2. The van der Waals surface area contributed by atoms with Gasteiger partial charge < -0.3 is 9.26 Å². The second-order valence-corrected chi connectivity index (χ2v) is 5.34. The summed E-state index contributed by atoms with van der Waals surface area (Å²) >= 11 is 0. The largest absolute Gasteiger partial charge is 0.445 e. The van der Waals surface area contributed by atoms with E-state index in [0.717, 1.165) is 0 Å². The van der Waals surface area contributed by atoms with Gasteiger partial charge in [-0.25, -0.2) is 0 Å². The number of ether oxygens (including phenoxy) is 1. The van der Waals surface area contributed by atoms with E-state index in [2.05, 4.69) is 4.74 Å². The van der Waals surface area contributed by atoms with Gasteiger partial charge in [-0.05, 0) is 12.1 Å². The van der Waals surface area contributed by atoms with Crippen LogP contribution in [0.5, 0.6) is 5.75 Å². The SMILES string of the molecule is O=C1CC([PH](=O)Oc2ccccc2)CC(=O)O1. The summed E-state index contributed by atoms with van der Waals surface area (Å²) in [5, 5.41) is 0. The first-order valence-corrected chi connectivity index (χ1v) is 6.55. The maximum Gasteiger partial charge on any atom is 0.314 e. The molecule has 0 saturated carbocycles. The maximum atomic E-state index is 11.9. The number of carbonyl (C=O) groups excluding carboxylic acids is 2. The Morgan fingerprint density at radius 1 is 1.12 bits per heavy atom. The van der Waals surface area contributed by atoms with Crippen LogP contribution >= 0.6 is 8.03 Å². The van der Waals surface area contributed by atoms with Crippen molar-refractivity contribution in [3.05, 3.63) is 30.3 Å². The Hall–Kier alpha value is -1.61. The molecule has 1 unspecified atom stereocenters. The summed E-state index contributed by atoms with van der Waals surface area (Å²) in [5.74, 6) is -0.801. The van der Waals surface area contributed by atoms with Crippen molar-refractivity contribution in [2.45, 2.75) is 18.5 Å². The predicted molar refractivity (Wildman–Crippen MR) is 60.2 cm³/mol. The van der Waals surface area contributed by atoms with Gasteiger partial charge in [0, 0.05) is 0 Å². The highest BCUT2D eigenvalue weighted by Gasteiger charge is 2.32. The summed E-state index contributed by atoms with van der Waals surface area (Å²) in [4.78, 5) is 22.0. The second-order valence-electron chi connectivity index (χ2n) is 3.69. The van der Waals surface area contributed by atoms with Gasteiger partial charge in [0.15, 0.2) is 0 Å². The highest BCUT2D eigenvalue weighted by molar-refractivity contribution is 7.40. The van der Waals surface area contributed by atoms with Crippen LogP contribution in [-0.2, 0) is 18.9 Å². The van der Waals surface area contributed by atoms with E-state index in [-0.39, 0.29) is 12.8 Å². The van der Waals surface area contributed by atoms with Crippen molar-refractivity contribution >= 4 is 20.0 Å². The monoisotopic (exact) mass is 254 g/mol. The highest BCUT2D eigenvalue weighted by atomic mass is 31.1. The van der Waals surface area contributed by atoms with Crippen molar-refractivity contribution in [2.75, 3.05) is 0 Å². The van der Waals surface area contributed by atoms with E-state index in [1.54, 1.807) is 24.3 Å². The van der Waals surface area contributed by atoms with E-state index in [4.69, 9.17) is 4.52 Å². The van der Waals surface area contributed by atoms with Crippen LogP contribution in [0.15, 0.2) is 30.3 Å². The molecule has 1 aliphatic rings. The molecular formula is C11H11O5P. The summed E-state index contributed by atoms with van der Waals surface area (Å²) in [5.41, 5.74) is -0.561. The standard InChI is InChI=1S/C11H11O5P/c12-10-6-9(7-11(13)15-10)17(14)16-8-4-2-1-3-5-8/h1-5,9,17H,6-7H2. The molecule has 17 heavy (non-hydrogen) atoms. The predicted octanol–water partition coefficient (Wildman–Crippen LogP) is 1.77. The van der Waals surface area contributed by atoms with E-state index >= 15 is 0 Å². The average molecular weight is 254 g/mol. The fourth-order valence-corrected chi connectivity index (χ4v) is 2.74. The van der Waals surface area contributed by atoms with Gasteiger partial charge in [-0.2, -0.15) is 0 Å². The lowest BCUT2D eigenvalue weighted by atomic mass is 10.2. The number of para-hydroxylation sites is 1. The number of carbonyl (C=O) groups is 2. The van der Waals surface area contributed by atoms with E-state index in [0.29, 0.717) is 5.75 Å². The molecule has 0 aliphatic carbocycles. The smallest absolute Gasteiger partial charge is 0.314 e. The molecule has 1 atom stereocenters. The lowest BCUT2D eigenvalue weighted by molar-refractivity contribution is -0.162. The molecule has 6 heteroatoms. The van der Waals surface area contributed by atoms with Crippen LogP contribution in [-0.4, -0.2) is 17.6 Å². The number of hydrogen-bond acceptors (Lipinski definition) is 5. The molecular weight excluding hydrogens is 243 g/mol. The minimum Gasteiger partial charge on any atom is -0.445 e. The second kappa shape index (κ2) is 5.15. The lowest BCUT2D eigenvalue weighted by Crippen LogP contribution is -2.27. The third-order valence-electron chi connectivity index (χ3n) is 2.35. The molecule has 1 fully saturated rings. The van der Waals surface area contributed by atoms with Crippen LogP contribution in [0.1, 0.15) is 12.8 Å². The van der Waals surface area contributed by atoms with Gasteiger partial charge in [-0.1, -0.05) is 18.2 Å². The van der Waals surface area contributed by atoms with E-state index in [9.17, 15) is 14.2 Å². The zero-order valence-electron chi connectivity index (χ0n) is 8.92. The van der Waals surface area contributed by atoms with Crippen LogP contribution in [0, 0.1) is 0 Å². The van der Waals surface area contributed by atoms with Crippen molar-refractivity contribution in [1.29, 1.82) is 0 Å². The molecule has 0 spiro atoms. The molecule has 1 heterocycles. The molecule has 1 aromatic carbocycles. The molecule has 0 bridgehead atoms. The lowest BCUT2D eigenvalue weighted by Gasteiger charge is -2.19. The van der Waals surface area contributed by atoms with Crippen molar-refractivity contribution in [3.8, 4) is 5.75 Å². The Bertz CT molecular complexity index is 440. The molecule has 0 amide bonds. The molecule has 5 nitrogen and oxygen atoms in total. The van der Waals surface area contributed by atoms with Crippen LogP contribution in [0.3, 0.4) is 0 Å². The van der Waals surface area contributed by atoms with Crippen LogP contribution in [0.2, 0.25) is 0 Å². The molecule has 2 rings (SSSR count). The molecule has 1 aromatic rings. The van der Waals surface area contributed by atoms with Gasteiger partial charge in [-0.15, -0.1) is 0 Å². The zero-order valence-corrected chi connectivity index (χ0v) is 9.92. The topological polar surface area (TPSA) is 69.7 Å². The Balaban J connectivity index is 2.00. The minimum atomic E-state index is -2.48. The normalized spacial score (nSPS) is 18.6. The molecule has 0 radical (unpaired) electrons. The van der Waals surface area contributed by atoms with Gasteiger partial charge in [0.05, 0.1) is 18.5 Å². The Kier molecular flexibility index (Phi) is 3.59. The summed E-state index contributed by atoms with van der Waals surface area (Å²) in [6.45, 7) is 0.